The van der Waals surface area contributed by atoms with Crippen LogP contribution >= 0.6 is 0 Å². The number of hydrogen-bond donors (Lipinski definition) is 3. The van der Waals surface area contributed by atoms with Crippen LogP contribution in [0.4, 0.5) is 10.5 Å². The second kappa shape index (κ2) is 8.66. The van der Waals surface area contributed by atoms with E-state index < -0.39 is 5.91 Å². The number of nitrogens with zero attached hydrogens (tertiary/aromatic N) is 1. The van der Waals surface area contributed by atoms with Crippen LogP contribution in [0.15, 0.2) is 54.4 Å². The third-order valence-corrected chi connectivity index (χ3v) is 4.45. The van der Waals surface area contributed by atoms with Crippen molar-refractivity contribution in [1.29, 1.82) is 0 Å². The first kappa shape index (κ1) is 20.2. The number of benzene rings is 2. The summed E-state index contributed by atoms with van der Waals surface area (Å²) in [4.78, 5) is 26.1. The molecule has 1 aliphatic rings. The number of allylic oxidation sites excluding steroid dienone is 1. The summed E-state index contributed by atoms with van der Waals surface area (Å²) >= 11 is 0. The highest BCUT2D eigenvalue weighted by molar-refractivity contribution is 5.94. The molecular formula is C21H23N3O5. The van der Waals surface area contributed by atoms with Crippen LogP contribution in [0, 0.1) is 5.92 Å². The monoisotopic (exact) mass is 397 g/mol. The Morgan fingerprint density at radius 2 is 1.90 bits per heavy atom. The molecule has 3 N–H and O–H groups in total. The van der Waals surface area contributed by atoms with Crippen LogP contribution in [0.5, 0.6) is 11.5 Å². The standard InChI is InChI=1S/C21H23N3O5/c1-13(2)19-12-24(21(26)22-16-6-8-17(28-3)9-7-16)11-15-5-4-14(20(25)23-27)10-18(15)29-19/h4-10,12-13,27H,11H2,1-3H3,(H,22,26)(H,23,25). The summed E-state index contributed by atoms with van der Waals surface area (Å²) in [7, 11) is 1.58. The Balaban J connectivity index is 1.87. The maximum atomic E-state index is 12.9. The van der Waals surface area contributed by atoms with Gasteiger partial charge in [0.1, 0.15) is 17.3 Å². The number of fused-ring (bicyclic) bond motifs is 1. The van der Waals surface area contributed by atoms with Crippen LogP contribution in [0.1, 0.15) is 29.8 Å². The Hall–Kier alpha value is -3.52. The number of anilines is 1. The molecule has 0 spiro atoms. The van der Waals surface area contributed by atoms with Gasteiger partial charge in [-0.05, 0) is 36.4 Å². The summed E-state index contributed by atoms with van der Waals surface area (Å²) in [6, 6.07) is 11.5. The van der Waals surface area contributed by atoms with Gasteiger partial charge in [-0.15, -0.1) is 0 Å². The molecule has 1 heterocycles. The topological polar surface area (TPSA) is 100 Å². The number of amides is 3. The molecule has 0 bridgehead atoms. The van der Waals surface area contributed by atoms with E-state index in [0.29, 0.717) is 22.9 Å². The quantitative estimate of drug-likeness (QED) is 0.539. The van der Waals surface area contributed by atoms with Crippen molar-refractivity contribution >= 4 is 17.6 Å². The van der Waals surface area contributed by atoms with Gasteiger partial charge >= 0.3 is 6.03 Å². The molecule has 29 heavy (non-hydrogen) atoms. The predicted molar refractivity (Wildman–Crippen MR) is 107 cm³/mol. The van der Waals surface area contributed by atoms with Crippen molar-refractivity contribution in [2.45, 2.75) is 20.4 Å². The van der Waals surface area contributed by atoms with E-state index in [1.165, 1.54) is 4.90 Å². The minimum atomic E-state index is -0.634. The highest BCUT2D eigenvalue weighted by Crippen LogP contribution is 2.30. The third kappa shape index (κ3) is 4.67. The zero-order valence-electron chi connectivity index (χ0n) is 16.4. The molecule has 0 fully saturated rings. The molecule has 0 saturated carbocycles. The Bertz CT molecular complexity index is 938. The Morgan fingerprint density at radius 1 is 1.17 bits per heavy atom. The second-order valence-electron chi connectivity index (χ2n) is 6.84. The molecule has 2 aromatic carbocycles. The van der Waals surface area contributed by atoms with Crippen molar-refractivity contribution in [2.75, 3.05) is 12.4 Å². The molecule has 152 valence electrons. The summed E-state index contributed by atoms with van der Waals surface area (Å²) in [6.45, 7) is 4.15. The van der Waals surface area contributed by atoms with E-state index in [1.54, 1.807) is 61.3 Å². The van der Waals surface area contributed by atoms with Crippen molar-refractivity contribution in [1.82, 2.24) is 10.4 Å². The lowest BCUT2D eigenvalue weighted by Crippen LogP contribution is -2.30. The molecule has 8 heteroatoms. The van der Waals surface area contributed by atoms with Gasteiger partial charge in [-0.3, -0.25) is 14.9 Å². The zero-order valence-corrected chi connectivity index (χ0v) is 16.4. The van der Waals surface area contributed by atoms with Gasteiger partial charge in [0.25, 0.3) is 5.91 Å². The second-order valence-corrected chi connectivity index (χ2v) is 6.84. The first-order valence-electron chi connectivity index (χ1n) is 9.10. The van der Waals surface area contributed by atoms with E-state index in [9.17, 15) is 9.59 Å². The highest BCUT2D eigenvalue weighted by Gasteiger charge is 2.23. The minimum Gasteiger partial charge on any atom is -0.497 e. The van der Waals surface area contributed by atoms with Gasteiger partial charge in [0, 0.05) is 28.9 Å². The molecule has 0 aromatic heterocycles. The van der Waals surface area contributed by atoms with Gasteiger partial charge in [-0.2, -0.15) is 0 Å². The fraction of sp³-hybridized carbons (Fsp3) is 0.238. The van der Waals surface area contributed by atoms with Crippen molar-refractivity contribution < 1.29 is 24.3 Å². The zero-order chi connectivity index (χ0) is 21.0. The SMILES string of the molecule is COc1ccc(NC(=O)N2C=C(C(C)C)Oc3cc(C(=O)NO)ccc3C2)cc1. The summed E-state index contributed by atoms with van der Waals surface area (Å²) in [5.74, 6) is 1.11. The van der Waals surface area contributed by atoms with Gasteiger partial charge < -0.3 is 14.8 Å². The molecule has 1 aliphatic heterocycles. The lowest BCUT2D eigenvalue weighted by atomic mass is 10.1. The van der Waals surface area contributed by atoms with Crippen LogP contribution in [0.25, 0.3) is 0 Å². The number of urea groups is 1. The van der Waals surface area contributed by atoms with E-state index in [-0.39, 0.29) is 24.1 Å². The van der Waals surface area contributed by atoms with Gasteiger partial charge in [0.15, 0.2) is 0 Å². The Morgan fingerprint density at radius 3 is 2.52 bits per heavy atom. The number of hydrogen-bond acceptors (Lipinski definition) is 5. The van der Waals surface area contributed by atoms with Crippen LogP contribution in [0.3, 0.4) is 0 Å². The van der Waals surface area contributed by atoms with Crippen molar-refractivity contribution in [3.8, 4) is 11.5 Å². The Labute approximate surface area is 168 Å². The number of rotatable bonds is 4. The molecular weight excluding hydrogens is 374 g/mol. The molecule has 0 atom stereocenters. The maximum Gasteiger partial charge on any atom is 0.326 e. The summed E-state index contributed by atoms with van der Waals surface area (Å²) in [5, 5.41) is 11.7. The van der Waals surface area contributed by atoms with E-state index in [4.69, 9.17) is 14.7 Å². The highest BCUT2D eigenvalue weighted by atomic mass is 16.5. The fourth-order valence-electron chi connectivity index (χ4n) is 2.79. The average molecular weight is 397 g/mol. The van der Waals surface area contributed by atoms with Crippen LogP contribution < -0.4 is 20.3 Å². The number of nitrogens with one attached hydrogen (secondary N) is 2. The number of ether oxygens (including phenoxy) is 2. The number of carbonyl (C=O) groups is 2. The first-order valence-corrected chi connectivity index (χ1v) is 9.10. The van der Waals surface area contributed by atoms with Crippen LogP contribution in [0.2, 0.25) is 0 Å². The summed E-state index contributed by atoms with van der Waals surface area (Å²) < 4.78 is 11.1. The van der Waals surface area contributed by atoms with Crippen molar-refractivity contribution in [3.63, 3.8) is 0 Å². The third-order valence-electron chi connectivity index (χ3n) is 4.45. The Kier molecular flexibility index (Phi) is 6.04. The van der Waals surface area contributed by atoms with Gasteiger partial charge in [-0.1, -0.05) is 19.9 Å². The molecule has 3 amide bonds. The number of methoxy groups -OCH3 is 1. The molecule has 0 aliphatic carbocycles. The molecule has 8 nitrogen and oxygen atoms in total. The van der Waals surface area contributed by atoms with Crippen molar-refractivity contribution in [3.05, 3.63) is 65.6 Å². The smallest absolute Gasteiger partial charge is 0.326 e. The molecule has 0 unspecified atom stereocenters. The van der Waals surface area contributed by atoms with Gasteiger partial charge in [0.05, 0.1) is 13.7 Å². The number of hydroxylamine groups is 1. The largest absolute Gasteiger partial charge is 0.497 e. The van der Waals surface area contributed by atoms with E-state index in [0.717, 1.165) is 5.56 Å². The predicted octanol–water partition coefficient (Wildman–Crippen LogP) is 3.74. The average Bonchev–Trinajstić information content (AvgIpc) is 2.93. The van der Waals surface area contributed by atoms with E-state index in [1.807, 2.05) is 13.8 Å². The normalized spacial score (nSPS) is 13.0. The number of carbonyl (C=O) groups excluding carboxylic acids is 2. The minimum absolute atomic E-state index is 0.00700. The maximum absolute atomic E-state index is 12.9. The summed E-state index contributed by atoms with van der Waals surface area (Å²) in [5.41, 5.74) is 3.23. The lowest BCUT2D eigenvalue weighted by molar-refractivity contribution is 0.0706. The van der Waals surface area contributed by atoms with Crippen LogP contribution in [-0.2, 0) is 6.54 Å². The van der Waals surface area contributed by atoms with Crippen LogP contribution in [-0.4, -0.2) is 29.2 Å². The molecule has 2 aromatic rings. The molecule has 0 radical (unpaired) electrons. The fourth-order valence-corrected chi connectivity index (χ4v) is 2.79. The molecule has 3 rings (SSSR count). The van der Waals surface area contributed by atoms with Gasteiger partial charge in [-0.25, -0.2) is 10.3 Å². The first-order chi connectivity index (χ1) is 13.9. The van der Waals surface area contributed by atoms with E-state index in [2.05, 4.69) is 5.32 Å². The summed E-state index contributed by atoms with van der Waals surface area (Å²) in [6.07, 6.45) is 1.66. The van der Waals surface area contributed by atoms with Crippen molar-refractivity contribution in [2.24, 2.45) is 5.92 Å². The van der Waals surface area contributed by atoms with E-state index >= 15 is 0 Å². The molecule has 0 saturated heterocycles. The lowest BCUT2D eigenvalue weighted by Gasteiger charge is -2.19. The van der Waals surface area contributed by atoms with Gasteiger partial charge in [0.2, 0.25) is 0 Å².